The highest BCUT2D eigenvalue weighted by atomic mass is 32.1. The Hall–Kier alpha value is -1.28. The summed E-state index contributed by atoms with van der Waals surface area (Å²) in [5.41, 5.74) is 3.88. The number of thiophene rings is 1. The van der Waals surface area contributed by atoms with Gasteiger partial charge in [-0.15, -0.1) is 11.3 Å². The second kappa shape index (κ2) is 4.49. The van der Waals surface area contributed by atoms with E-state index in [1.165, 1.54) is 21.7 Å². The van der Waals surface area contributed by atoms with Gasteiger partial charge in [0.1, 0.15) is 0 Å². The minimum absolute atomic E-state index is 0.917. The highest BCUT2D eigenvalue weighted by Crippen LogP contribution is 2.16. The van der Waals surface area contributed by atoms with Gasteiger partial charge < -0.3 is 5.32 Å². The van der Waals surface area contributed by atoms with Crippen LogP contribution in [0.25, 0.3) is 0 Å². The molecule has 0 aliphatic heterocycles. The second-order valence-corrected chi connectivity index (χ2v) is 4.76. The predicted octanol–water partition coefficient (Wildman–Crippen LogP) is 3.98. The molecule has 0 amide bonds. The van der Waals surface area contributed by atoms with Gasteiger partial charge in [-0.3, -0.25) is 0 Å². The Morgan fingerprint density at radius 3 is 2.67 bits per heavy atom. The number of anilines is 1. The molecule has 78 valence electrons. The molecule has 0 aliphatic carbocycles. The lowest BCUT2D eigenvalue weighted by molar-refractivity contribution is 1.18. The van der Waals surface area contributed by atoms with E-state index >= 15 is 0 Å². The number of hydrogen-bond acceptors (Lipinski definition) is 2. The molecule has 0 saturated carbocycles. The van der Waals surface area contributed by atoms with E-state index in [0.29, 0.717) is 0 Å². The number of nitrogens with one attached hydrogen (secondary N) is 1. The van der Waals surface area contributed by atoms with E-state index in [9.17, 15) is 0 Å². The van der Waals surface area contributed by atoms with E-state index in [1.54, 1.807) is 11.3 Å². The molecule has 0 saturated heterocycles. The molecule has 1 aromatic heterocycles. The Labute approximate surface area is 94.8 Å². The van der Waals surface area contributed by atoms with Crippen molar-refractivity contribution in [1.29, 1.82) is 0 Å². The summed E-state index contributed by atoms with van der Waals surface area (Å²) in [6, 6.07) is 10.7. The van der Waals surface area contributed by atoms with E-state index < -0.39 is 0 Å². The molecule has 15 heavy (non-hydrogen) atoms. The van der Waals surface area contributed by atoms with Crippen molar-refractivity contribution >= 4 is 17.0 Å². The topological polar surface area (TPSA) is 12.0 Å². The van der Waals surface area contributed by atoms with Crippen LogP contribution in [0, 0.1) is 13.8 Å². The Balaban J connectivity index is 2.02. The minimum atomic E-state index is 0.917. The third-order valence-corrected chi connectivity index (χ3v) is 3.43. The van der Waals surface area contributed by atoms with E-state index in [1.807, 2.05) is 0 Å². The van der Waals surface area contributed by atoms with E-state index in [-0.39, 0.29) is 0 Å². The molecule has 1 aromatic carbocycles. The first-order valence-corrected chi connectivity index (χ1v) is 5.97. The molecule has 0 bridgehead atoms. The summed E-state index contributed by atoms with van der Waals surface area (Å²) in [5, 5.41) is 5.53. The molecule has 2 aromatic rings. The fourth-order valence-corrected chi connectivity index (χ4v) is 2.10. The van der Waals surface area contributed by atoms with Crippen molar-refractivity contribution in [2.75, 3.05) is 5.32 Å². The van der Waals surface area contributed by atoms with E-state index in [4.69, 9.17) is 0 Å². The smallest absolute Gasteiger partial charge is 0.0494 e. The van der Waals surface area contributed by atoms with Gasteiger partial charge in [0.05, 0.1) is 0 Å². The van der Waals surface area contributed by atoms with Crippen molar-refractivity contribution < 1.29 is 0 Å². The molecule has 2 rings (SSSR count). The predicted molar refractivity (Wildman–Crippen MR) is 67.6 cm³/mol. The van der Waals surface area contributed by atoms with E-state index in [2.05, 4.69) is 54.9 Å². The zero-order valence-corrected chi connectivity index (χ0v) is 9.90. The Morgan fingerprint density at radius 1 is 1.13 bits per heavy atom. The van der Waals surface area contributed by atoms with Gasteiger partial charge in [0.2, 0.25) is 0 Å². The molecule has 1 N–H and O–H groups in total. The standard InChI is InChI=1S/C13H15NS/c1-10-5-6-12(8-11(10)2)14-9-13-4-3-7-15-13/h3-8,14H,9H2,1-2H3. The number of rotatable bonds is 3. The van der Waals surface area contributed by atoms with Crippen molar-refractivity contribution in [3.8, 4) is 0 Å². The minimum Gasteiger partial charge on any atom is -0.380 e. The second-order valence-electron chi connectivity index (χ2n) is 3.73. The zero-order valence-electron chi connectivity index (χ0n) is 9.08. The Bertz CT molecular complexity index is 432. The maximum atomic E-state index is 3.43. The number of benzene rings is 1. The molecule has 0 spiro atoms. The maximum absolute atomic E-state index is 3.43. The first-order chi connectivity index (χ1) is 7.25. The molecule has 0 radical (unpaired) electrons. The average Bonchev–Trinajstić information content (AvgIpc) is 2.73. The van der Waals surface area contributed by atoms with E-state index in [0.717, 1.165) is 6.54 Å². The number of aryl methyl sites for hydroxylation is 2. The molecule has 1 heterocycles. The van der Waals surface area contributed by atoms with Gasteiger partial charge in [0, 0.05) is 17.1 Å². The lowest BCUT2D eigenvalue weighted by Crippen LogP contribution is -1.97. The average molecular weight is 217 g/mol. The monoisotopic (exact) mass is 217 g/mol. The number of hydrogen-bond donors (Lipinski definition) is 1. The summed E-state index contributed by atoms with van der Waals surface area (Å²) in [5.74, 6) is 0. The van der Waals surface area contributed by atoms with Crippen molar-refractivity contribution in [3.05, 3.63) is 51.7 Å². The first-order valence-electron chi connectivity index (χ1n) is 5.09. The Kier molecular flexibility index (Phi) is 3.07. The van der Waals surface area contributed by atoms with Crippen molar-refractivity contribution in [2.24, 2.45) is 0 Å². The summed E-state index contributed by atoms with van der Waals surface area (Å²) >= 11 is 1.79. The summed E-state index contributed by atoms with van der Waals surface area (Å²) in [7, 11) is 0. The van der Waals surface area contributed by atoms with Crippen LogP contribution in [0.15, 0.2) is 35.7 Å². The molecule has 0 atom stereocenters. The van der Waals surface area contributed by atoms with Crippen molar-refractivity contribution in [1.82, 2.24) is 0 Å². The fraction of sp³-hybridized carbons (Fsp3) is 0.231. The summed E-state index contributed by atoms with van der Waals surface area (Å²) in [4.78, 5) is 1.37. The Morgan fingerprint density at radius 2 is 2.00 bits per heavy atom. The molecule has 1 nitrogen and oxygen atoms in total. The maximum Gasteiger partial charge on any atom is 0.0494 e. The SMILES string of the molecule is Cc1ccc(NCc2cccs2)cc1C. The lowest BCUT2D eigenvalue weighted by Gasteiger charge is -2.07. The molecule has 0 unspecified atom stereocenters. The van der Waals surface area contributed by atoms with Crippen LogP contribution in [-0.2, 0) is 6.54 Å². The molecule has 0 fully saturated rings. The summed E-state index contributed by atoms with van der Waals surface area (Å²) < 4.78 is 0. The van der Waals surface area contributed by atoms with Gasteiger partial charge in [-0.1, -0.05) is 12.1 Å². The van der Waals surface area contributed by atoms with Crippen LogP contribution < -0.4 is 5.32 Å². The van der Waals surface area contributed by atoms with Crippen LogP contribution in [0.4, 0.5) is 5.69 Å². The summed E-state index contributed by atoms with van der Waals surface area (Å²) in [6.07, 6.45) is 0. The van der Waals surface area contributed by atoms with Crippen molar-refractivity contribution in [2.45, 2.75) is 20.4 Å². The quantitative estimate of drug-likeness (QED) is 0.820. The van der Waals surface area contributed by atoms with Crippen LogP contribution in [0.2, 0.25) is 0 Å². The lowest BCUT2D eigenvalue weighted by atomic mass is 10.1. The van der Waals surface area contributed by atoms with Gasteiger partial charge in [0.15, 0.2) is 0 Å². The summed E-state index contributed by atoms with van der Waals surface area (Å²) in [6.45, 7) is 5.20. The van der Waals surface area contributed by atoms with Gasteiger partial charge in [-0.05, 0) is 48.6 Å². The molecular formula is C13H15NS. The molecule has 0 aliphatic rings. The van der Waals surface area contributed by atoms with Gasteiger partial charge in [-0.25, -0.2) is 0 Å². The van der Waals surface area contributed by atoms with Crippen LogP contribution in [0.5, 0.6) is 0 Å². The fourth-order valence-electron chi connectivity index (χ4n) is 1.45. The third kappa shape index (κ3) is 2.60. The van der Waals surface area contributed by atoms with Crippen LogP contribution in [-0.4, -0.2) is 0 Å². The highest BCUT2D eigenvalue weighted by molar-refractivity contribution is 7.09. The molecular weight excluding hydrogens is 202 g/mol. The van der Waals surface area contributed by atoms with Crippen LogP contribution >= 0.6 is 11.3 Å². The molecule has 2 heteroatoms. The van der Waals surface area contributed by atoms with Crippen LogP contribution in [0.1, 0.15) is 16.0 Å². The highest BCUT2D eigenvalue weighted by Gasteiger charge is 1.96. The normalized spacial score (nSPS) is 10.3. The zero-order chi connectivity index (χ0) is 10.7. The third-order valence-electron chi connectivity index (χ3n) is 2.55. The first kappa shape index (κ1) is 10.2. The van der Waals surface area contributed by atoms with Gasteiger partial charge in [0.25, 0.3) is 0 Å². The van der Waals surface area contributed by atoms with Crippen LogP contribution in [0.3, 0.4) is 0 Å². The van der Waals surface area contributed by atoms with Gasteiger partial charge >= 0.3 is 0 Å². The largest absolute Gasteiger partial charge is 0.380 e. The van der Waals surface area contributed by atoms with Crippen molar-refractivity contribution in [3.63, 3.8) is 0 Å². The van der Waals surface area contributed by atoms with Gasteiger partial charge in [-0.2, -0.15) is 0 Å².